The monoisotopic (exact) mass is 516 g/mol. The maximum atomic E-state index is 12.5. The third-order valence-electron chi connectivity index (χ3n) is 6.91. The van der Waals surface area contributed by atoms with Gasteiger partial charge in [-0.3, -0.25) is 4.79 Å². The number of aromatic carboxylic acids is 1. The van der Waals surface area contributed by atoms with Gasteiger partial charge in [0.25, 0.3) is 0 Å². The summed E-state index contributed by atoms with van der Waals surface area (Å²) in [6.45, 7) is 2.84. The third-order valence-corrected chi connectivity index (χ3v) is 7.22. The quantitative estimate of drug-likeness (QED) is 0.219. The normalized spacial score (nSPS) is 21.4. The molecule has 0 aromatic heterocycles. The zero-order valence-electron chi connectivity index (χ0n) is 20.6. The van der Waals surface area contributed by atoms with E-state index in [0.717, 1.165) is 24.0 Å². The molecule has 7 heteroatoms. The number of para-hydroxylation sites is 1. The van der Waals surface area contributed by atoms with Crippen molar-refractivity contribution in [3.63, 3.8) is 0 Å². The van der Waals surface area contributed by atoms with E-state index in [-0.39, 0.29) is 17.5 Å². The van der Waals surface area contributed by atoms with Crippen molar-refractivity contribution < 1.29 is 19.4 Å². The smallest absolute Gasteiger partial charge is 0.337 e. The zero-order valence-corrected chi connectivity index (χ0v) is 21.4. The number of ether oxygens (including phenoxy) is 1. The highest BCUT2D eigenvalue weighted by atomic mass is 35.5. The van der Waals surface area contributed by atoms with Crippen LogP contribution in [0.5, 0.6) is 5.75 Å². The van der Waals surface area contributed by atoms with Crippen molar-refractivity contribution in [2.45, 2.75) is 43.8 Å². The van der Waals surface area contributed by atoms with Gasteiger partial charge in [0, 0.05) is 24.2 Å². The van der Waals surface area contributed by atoms with Gasteiger partial charge in [-0.25, -0.2) is 4.79 Å². The summed E-state index contributed by atoms with van der Waals surface area (Å²) >= 11 is 6.97. The minimum Gasteiger partial charge on any atom is -0.489 e. The van der Waals surface area contributed by atoms with Crippen molar-refractivity contribution >= 4 is 34.9 Å². The Kier molecular flexibility index (Phi) is 6.94. The summed E-state index contributed by atoms with van der Waals surface area (Å²) in [6, 6.07) is 22.5. The SMILES string of the molecule is CC1(Cl)C=CC(c2ccccc2OCc2ccccc2)N1c1ccc(N2CCCCC2=O)cc1C(=O)O. The molecule has 0 radical (unpaired) electrons. The lowest BCUT2D eigenvalue weighted by Crippen LogP contribution is -2.39. The Morgan fingerprint density at radius 1 is 1.08 bits per heavy atom. The van der Waals surface area contributed by atoms with Gasteiger partial charge >= 0.3 is 5.97 Å². The number of piperidine rings is 1. The van der Waals surface area contributed by atoms with Crippen molar-refractivity contribution in [2.75, 3.05) is 16.3 Å². The van der Waals surface area contributed by atoms with E-state index in [4.69, 9.17) is 16.3 Å². The van der Waals surface area contributed by atoms with E-state index in [9.17, 15) is 14.7 Å². The Bertz CT molecular complexity index is 1340. The number of nitrogens with zero attached hydrogens (tertiary/aromatic N) is 2. The summed E-state index contributed by atoms with van der Waals surface area (Å²) in [6.07, 6.45) is 6.08. The van der Waals surface area contributed by atoms with Crippen LogP contribution in [0, 0.1) is 0 Å². The largest absolute Gasteiger partial charge is 0.489 e. The molecule has 2 aliphatic heterocycles. The number of hydrogen-bond acceptors (Lipinski definition) is 4. The van der Waals surface area contributed by atoms with Crippen molar-refractivity contribution in [3.8, 4) is 5.75 Å². The van der Waals surface area contributed by atoms with Crippen LogP contribution in [0.25, 0.3) is 0 Å². The van der Waals surface area contributed by atoms with Gasteiger partial charge in [0.2, 0.25) is 5.91 Å². The second kappa shape index (κ2) is 10.3. The fraction of sp³-hybridized carbons (Fsp3) is 0.267. The number of anilines is 2. The average molecular weight is 517 g/mol. The van der Waals surface area contributed by atoms with E-state index in [2.05, 4.69) is 0 Å². The molecule has 6 nitrogen and oxygen atoms in total. The number of alkyl halides is 1. The molecule has 0 aliphatic carbocycles. The molecule has 0 spiro atoms. The topological polar surface area (TPSA) is 70.1 Å². The summed E-state index contributed by atoms with van der Waals surface area (Å²) < 4.78 is 6.21. The van der Waals surface area contributed by atoms with Crippen LogP contribution in [0.1, 0.15) is 53.7 Å². The van der Waals surface area contributed by atoms with Crippen molar-refractivity contribution in [2.24, 2.45) is 0 Å². The lowest BCUT2D eigenvalue weighted by molar-refractivity contribution is -0.119. The van der Waals surface area contributed by atoms with Crippen LogP contribution < -0.4 is 14.5 Å². The highest BCUT2D eigenvalue weighted by molar-refractivity contribution is 6.27. The van der Waals surface area contributed by atoms with Crippen LogP contribution in [-0.4, -0.2) is 28.5 Å². The Morgan fingerprint density at radius 2 is 1.84 bits per heavy atom. The van der Waals surface area contributed by atoms with Crippen LogP contribution >= 0.6 is 11.6 Å². The maximum Gasteiger partial charge on any atom is 0.337 e. The molecule has 3 aromatic rings. The molecule has 37 heavy (non-hydrogen) atoms. The van der Waals surface area contributed by atoms with Gasteiger partial charge in [-0.15, -0.1) is 0 Å². The van der Waals surface area contributed by atoms with Gasteiger partial charge < -0.3 is 19.6 Å². The van der Waals surface area contributed by atoms with Crippen molar-refractivity contribution in [1.82, 2.24) is 0 Å². The molecule has 2 aliphatic rings. The second-order valence-electron chi connectivity index (χ2n) is 9.52. The van der Waals surface area contributed by atoms with Crippen molar-refractivity contribution in [1.29, 1.82) is 0 Å². The lowest BCUT2D eigenvalue weighted by atomic mass is 10.0. The zero-order chi connectivity index (χ0) is 26.0. The van der Waals surface area contributed by atoms with E-state index in [1.807, 2.05) is 84.6 Å². The number of carbonyl (C=O) groups is 2. The van der Waals surface area contributed by atoms with Gasteiger partial charge in [0.15, 0.2) is 0 Å². The Morgan fingerprint density at radius 3 is 2.59 bits per heavy atom. The van der Waals surface area contributed by atoms with Crippen LogP contribution in [0.15, 0.2) is 84.9 Å². The lowest BCUT2D eigenvalue weighted by Gasteiger charge is -2.38. The van der Waals surface area contributed by atoms with Gasteiger partial charge in [0.05, 0.1) is 17.3 Å². The van der Waals surface area contributed by atoms with Gasteiger partial charge in [-0.2, -0.15) is 0 Å². The first kappa shape index (κ1) is 24.9. The number of halogens is 1. The van der Waals surface area contributed by atoms with Gasteiger partial charge in [0.1, 0.15) is 17.4 Å². The number of benzene rings is 3. The van der Waals surface area contributed by atoms with Crippen LogP contribution in [0.3, 0.4) is 0 Å². The van der Waals surface area contributed by atoms with Gasteiger partial charge in [-0.05, 0) is 55.7 Å². The molecule has 2 unspecified atom stereocenters. The van der Waals surface area contributed by atoms with E-state index in [0.29, 0.717) is 36.7 Å². The maximum absolute atomic E-state index is 12.5. The molecule has 1 amide bonds. The van der Waals surface area contributed by atoms with E-state index in [1.165, 1.54) is 0 Å². The number of carbonyl (C=O) groups excluding carboxylic acids is 1. The Labute approximate surface area is 221 Å². The molecule has 190 valence electrons. The number of amides is 1. The Hall–Kier alpha value is -3.77. The summed E-state index contributed by atoms with van der Waals surface area (Å²) in [7, 11) is 0. The van der Waals surface area contributed by atoms with E-state index < -0.39 is 11.0 Å². The molecule has 0 bridgehead atoms. The summed E-state index contributed by atoms with van der Waals surface area (Å²) in [5.74, 6) is -0.358. The first-order valence-corrected chi connectivity index (χ1v) is 12.8. The number of carboxylic acid groups (broad SMARTS) is 1. The van der Waals surface area contributed by atoms with Crippen molar-refractivity contribution in [3.05, 3.63) is 102 Å². The molecular formula is C30H29ClN2O4. The fourth-order valence-corrected chi connectivity index (χ4v) is 5.35. The highest BCUT2D eigenvalue weighted by Crippen LogP contribution is 2.47. The fourth-order valence-electron chi connectivity index (χ4n) is 5.08. The highest BCUT2D eigenvalue weighted by Gasteiger charge is 2.41. The summed E-state index contributed by atoms with van der Waals surface area (Å²) in [5.41, 5.74) is 3.10. The first-order valence-electron chi connectivity index (χ1n) is 12.5. The van der Waals surface area contributed by atoms with E-state index in [1.54, 1.807) is 17.0 Å². The predicted octanol–water partition coefficient (Wildman–Crippen LogP) is 6.55. The number of carboxylic acids is 1. The molecule has 5 rings (SSSR count). The molecule has 1 fully saturated rings. The van der Waals surface area contributed by atoms with Crippen LogP contribution in [0.2, 0.25) is 0 Å². The van der Waals surface area contributed by atoms with Crippen LogP contribution in [0.4, 0.5) is 11.4 Å². The molecule has 0 saturated carbocycles. The van der Waals surface area contributed by atoms with E-state index >= 15 is 0 Å². The molecule has 1 N–H and O–H groups in total. The first-order chi connectivity index (χ1) is 17.8. The Balaban J connectivity index is 1.51. The predicted molar refractivity (Wildman–Crippen MR) is 145 cm³/mol. The molecule has 1 saturated heterocycles. The standard InChI is InChI=1S/C30H29ClN2O4/c1-30(31)17-16-26(23-11-5-6-12-27(23)37-20-21-9-3-2-4-10-21)33(30)25-15-14-22(19-24(25)29(35)36)32-18-8-7-13-28(32)34/h2-6,9-12,14-17,19,26H,7-8,13,18,20H2,1H3,(H,35,36). The molecule has 3 aromatic carbocycles. The minimum absolute atomic E-state index is 0.0164. The molecule has 2 heterocycles. The molecular weight excluding hydrogens is 488 g/mol. The summed E-state index contributed by atoms with van der Waals surface area (Å²) in [5, 5.41) is 10.2. The molecule has 2 atom stereocenters. The summed E-state index contributed by atoms with van der Waals surface area (Å²) in [4.78, 5) is 27.5. The average Bonchev–Trinajstić information content (AvgIpc) is 3.22. The second-order valence-corrected chi connectivity index (χ2v) is 10.3. The minimum atomic E-state index is -1.08. The number of rotatable bonds is 7. The van der Waals surface area contributed by atoms with Gasteiger partial charge in [-0.1, -0.05) is 66.2 Å². The van der Waals surface area contributed by atoms with Crippen LogP contribution in [-0.2, 0) is 11.4 Å². The number of hydrogen-bond donors (Lipinski definition) is 1. The third kappa shape index (κ3) is 5.07.